The number of hydrogen-bond acceptors (Lipinski definition) is 4. The van der Waals surface area contributed by atoms with Gasteiger partial charge in [-0.3, -0.25) is 4.79 Å². The van der Waals surface area contributed by atoms with Crippen LogP contribution in [0.15, 0.2) is 47.6 Å². The number of nitrogens with zero attached hydrogens (tertiary/aromatic N) is 3. The Balaban J connectivity index is 1.98. The van der Waals surface area contributed by atoms with Gasteiger partial charge in [-0.2, -0.15) is 5.10 Å². The normalized spacial score (nSPS) is 12.5. The number of benzene rings is 2. The molecular formula is C17H10ClF2N5O. The maximum absolute atomic E-state index is 14.2. The van der Waals surface area contributed by atoms with Crippen LogP contribution in [0.5, 0.6) is 0 Å². The Morgan fingerprint density at radius 2 is 1.92 bits per heavy atom. The second kappa shape index (κ2) is 5.92. The summed E-state index contributed by atoms with van der Waals surface area (Å²) in [4.78, 5) is 15.7. The molecule has 130 valence electrons. The second-order valence-electron chi connectivity index (χ2n) is 5.51. The molecule has 0 saturated heterocycles. The molecule has 3 N–H and O–H groups in total. The first-order valence-electron chi connectivity index (χ1n) is 7.43. The number of aliphatic imine (C=N–C) groups is 1. The van der Waals surface area contributed by atoms with Crippen LogP contribution < -0.4 is 11.1 Å². The summed E-state index contributed by atoms with van der Waals surface area (Å²) in [6.45, 7) is 0. The van der Waals surface area contributed by atoms with E-state index in [0.29, 0.717) is 11.4 Å². The van der Waals surface area contributed by atoms with E-state index in [-0.39, 0.29) is 27.8 Å². The number of halogens is 3. The Kier molecular flexibility index (Phi) is 3.69. The number of amidine groups is 1. The van der Waals surface area contributed by atoms with Crippen LogP contribution in [-0.4, -0.2) is 21.5 Å². The maximum atomic E-state index is 14.2. The lowest BCUT2D eigenvalue weighted by molar-refractivity contribution is 0.100. The highest BCUT2D eigenvalue weighted by Gasteiger charge is 2.24. The number of carbonyl (C=O) groups excluding carboxylic acids is 1. The van der Waals surface area contributed by atoms with Crippen LogP contribution in [0.4, 0.5) is 20.3 Å². The zero-order valence-electron chi connectivity index (χ0n) is 13.0. The minimum Gasteiger partial charge on any atom is -0.366 e. The third-order valence-electron chi connectivity index (χ3n) is 3.88. The summed E-state index contributed by atoms with van der Waals surface area (Å²) >= 11 is 6.13. The molecule has 0 spiro atoms. The number of primary amides is 1. The number of rotatable bonds is 2. The van der Waals surface area contributed by atoms with Gasteiger partial charge >= 0.3 is 0 Å². The van der Waals surface area contributed by atoms with E-state index >= 15 is 0 Å². The van der Waals surface area contributed by atoms with Gasteiger partial charge in [-0.05, 0) is 30.3 Å². The fraction of sp³-hybridized carbons (Fsp3) is 0. The Hall–Kier alpha value is -3.26. The first-order valence-corrected chi connectivity index (χ1v) is 7.81. The summed E-state index contributed by atoms with van der Waals surface area (Å²) in [5.41, 5.74) is 6.08. The molecule has 3 aromatic rings. The highest BCUT2D eigenvalue weighted by Crippen LogP contribution is 2.35. The first kappa shape index (κ1) is 16.2. The van der Waals surface area contributed by atoms with Gasteiger partial charge in [0, 0.05) is 5.56 Å². The van der Waals surface area contributed by atoms with Crippen molar-refractivity contribution in [3.8, 4) is 5.69 Å². The van der Waals surface area contributed by atoms with E-state index in [9.17, 15) is 13.6 Å². The van der Waals surface area contributed by atoms with Crippen molar-refractivity contribution in [3.63, 3.8) is 0 Å². The second-order valence-corrected chi connectivity index (χ2v) is 5.91. The van der Waals surface area contributed by atoms with E-state index in [1.54, 1.807) is 6.07 Å². The molecule has 1 aliphatic rings. The topological polar surface area (TPSA) is 85.3 Å². The summed E-state index contributed by atoms with van der Waals surface area (Å²) in [7, 11) is 0. The molecule has 9 heteroatoms. The van der Waals surface area contributed by atoms with Crippen molar-refractivity contribution in [2.75, 3.05) is 5.32 Å². The molecule has 0 unspecified atom stereocenters. The molecule has 1 aromatic heterocycles. The Morgan fingerprint density at radius 3 is 2.62 bits per heavy atom. The molecule has 0 radical (unpaired) electrons. The quantitative estimate of drug-likeness (QED) is 0.721. The molecule has 0 bridgehead atoms. The van der Waals surface area contributed by atoms with Crippen molar-refractivity contribution in [3.05, 3.63) is 70.4 Å². The average Bonchev–Trinajstić information content (AvgIpc) is 2.86. The first-order chi connectivity index (χ1) is 12.5. The molecule has 0 aliphatic carbocycles. The third kappa shape index (κ3) is 2.51. The maximum Gasteiger partial charge on any atom is 0.248 e. The molecule has 0 atom stereocenters. The van der Waals surface area contributed by atoms with Crippen molar-refractivity contribution in [2.45, 2.75) is 0 Å². The standard InChI is InChI=1S/C17H10ClF2N5O/c18-9-7-22-25-13-6-8(15(21)26)4-5-12(13)23-16(24-17(9)25)14-10(19)2-1-3-11(14)20/h1-7H,(H2,21,26)(H,23,24). The average molecular weight is 374 g/mol. The van der Waals surface area contributed by atoms with Crippen LogP contribution in [0, 0.1) is 11.6 Å². The Bertz CT molecular complexity index is 1070. The van der Waals surface area contributed by atoms with Gasteiger partial charge in [0.1, 0.15) is 22.5 Å². The third-order valence-corrected chi connectivity index (χ3v) is 4.15. The number of nitrogens with two attached hydrogens (primary N) is 1. The largest absolute Gasteiger partial charge is 0.366 e. The minimum absolute atomic E-state index is 0.0742. The van der Waals surface area contributed by atoms with Crippen molar-refractivity contribution in [2.24, 2.45) is 10.7 Å². The zero-order valence-corrected chi connectivity index (χ0v) is 13.8. The van der Waals surface area contributed by atoms with Crippen LogP contribution in [0.25, 0.3) is 5.69 Å². The van der Waals surface area contributed by atoms with E-state index in [1.165, 1.54) is 29.1 Å². The number of fused-ring (bicyclic) bond motifs is 3. The number of amides is 1. The summed E-state index contributed by atoms with van der Waals surface area (Å²) < 4.78 is 29.8. The van der Waals surface area contributed by atoms with Crippen molar-refractivity contribution >= 4 is 34.8 Å². The number of carbonyl (C=O) groups is 1. The van der Waals surface area contributed by atoms with E-state index < -0.39 is 17.5 Å². The summed E-state index contributed by atoms with van der Waals surface area (Å²) in [5, 5.41) is 7.19. The van der Waals surface area contributed by atoms with Crippen LogP contribution in [-0.2, 0) is 0 Å². The lowest BCUT2D eigenvalue weighted by Gasteiger charge is -2.12. The van der Waals surface area contributed by atoms with Gasteiger partial charge in [-0.1, -0.05) is 17.7 Å². The Morgan fingerprint density at radius 1 is 1.19 bits per heavy atom. The van der Waals surface area contributed by atoms with Crippen LogP contribution in [0.2, 0.25) is 5.02 Å². The molecule has 0 saturated carbocycles. The van der Waals surface area contributed by atoms with Gasteiger partial charge in [-0.15, -0.1) is 0 Å². The predicted molar refractivity (Wildman–Crippen MR) is 93.3 cm³/mol. The number of anilines is 1. The van der Waals surface area contributed by atoms with E-state index in [2.05, 4.69) is 15.4 Å². The zero-order chi connectivity index (χ0) is 18.4. The summed E-state index contributed by atoms with van der Waals surface area (Å²) in [6, 6.07) is 8.05. The van der Waals surface area contributed by atoms with Gasteiger partial charge in [0.05, 0.1) is 23.1 Å². The van der Waals surface area contributed by atoms with E-state index in [0.717, 1.165) is 12.1 Å². The SMILES string of the molecule is NC(=O)c1ccc2c(c1)-n1ncc(Cl)c1N=C(c1c(F)cccc1F)N2. The fourth-order valence-electron chi connectivity index (χ4n) is 2.67. The Labute approximate surface area is 150 Å². The summed E-state index contributed by atoms with van der Waals surface area (Å²) in [5.74, 6) is -2.10. The van der Waals surface area contributed by atoms with Gasteiger partial charge in [-0.25, -0.2) is 18.5 Å². The monoisotopic (exact) mass is 373 g/mol. The lowest BCUT2D eigenvalue weighted by Crippen LogP contribution is -2.17. The van der Waals surface area contributed by atoms with Gasteiger partial charge < -0.3 is 11.1 Å². The van der Waals surface area contributed by atoms with E-state index in [1.807, 2.05) is 0 Å². The summed E-state index contributed by atoms with van der Waals surface area (Å²) in [6.07, 6.45) is 1.35. The van der Waals surface area contributed by atoms with Crippen molar-refractivity contribution in [1.29, 1.82) is 0 Å². The van der Waals surface area contributed by atoms with Gasteiger partial charge in [0.25, 0.3) is 0 Å². The molecule has 6 nitrogen and oxygen atoms in total. The predicted octanol–water partition coefficient (Wildman–Crippen LogP) is 3.41. The van der Waals surface area contributed by atoms with Gasteiger partial charge in [0.15, 0.2) is 5.82 Å². The van der Waals surface area contributed by atoms with Gasteiger partial charge in [0.2, 0.25) is 5.91 Å². The molecule has 1 amide bonds. The highest BCUT2D eigenvalue weighted by atomic mass is 35.5. The molecule has 1 aliphatic heterocycles. The molecular weight excluding hydrogens is 364 g/mol. The minimum atomic E-state index is -0.782. The molecule has 26 heavy (non-hydrogen) atoms. The van der Waals surface area contributed by atoms with Crippen molar-refractivity contribution in [1.82, 2.24) is 9.78 Å². The van der Waals surface area contributed by atoms with Crippen LogP contribution in [0.1, 0.15) is 15.9 Å². The van der Waals surface area contributed by atoms with E-state index in [4.69, 9.17) is 17.3 Å². The van der Waals surface area contributed by atoms with Crippen LogP contribution >= 0.6 is 11.6 Å². The smallest absolute Gasteiger partial charge is 0.248 e. The lowest BCUT2D eigenvalue weighted by atomic mass is 10.1. The number of aromatic nitrogens is 2. The number of hydrogen-bond donors (Lipinski definition) is 2. The molecule has 2 aromatic carbocycles. The number of nitrogens with one attached hydrogen (secondary N) is 1. The molecule has 0 fully saturated rings. The highest BCUT2D eigenvalue weighted by molar-refractivity contribution is 6.33. The van der Waals surface area contributed by atoms with Crippen molar-refractivity contribution < 1.29 is 13.6 Å². The van der Waals surface area contributed by atoms with Crippen LogP contribution in [0.3, 0.4) is 0 Å². The molecule has 4 rings (SSSR count). The fourth-order valence-corrected chi connectivity index (χ4v) is 2.83. The molecule has 2 heterocycles.